The zero-order chi connectivity index (χ0) is 29.5. The van der Waals surface area contributed by atoms with Crippen LogP contribution in [0.4, 0.5) is 13.2 Å². The SMILES string of the molecule is CNC(=O)c1cc(OC2CCC(N3CC(CC#N)(n4cc(-c5ncnc6[nH]ccc56)cn4)C3)CC2)nc(C(F)(F)F)c1. The molecule has 1 amide bonds. The molecular formula is C28H28F3N9O2. The van der Waals surface area contributed by atoms with Crippen LogP contribution in [0, 0.1) is 11.3 Å². The second-order valence-corrected chi connectivity index (χ2v) is 10.8. The van der Waals surface area contributed by atoms with Crippen LogP contribution in [0.1, 0.15) is 48.2 Å². The number of carbonyl (C=O) groups is 1. The van der Waals surface area contributed by atoms with E-state index in [2.05, 4.69) is 41.3 Å². The van der Waals surface area contributed by atoms with Gasteiger partial charge in [0, 0.05) is 61.2 Å². The lowest BCUT2D eigenvalue weighted by Crippen LogP contribution is -2.65. The second kappa shape index (κ2) is 10.7. The highest BCUT2D eigenvalue weighted by atomic mass is 19.4. The zero-order valence-corrected chi connectivity index (χ0v) is 22.7. The minimum absolute atomic E-state index is 0.156. The maximum atomic E-state index is 13.4. The number of amides is 1. The number of hydrogen-bond acceptors (Lipinski definition) is 8. The van der Waals surface area contributed by atoms with E-state index in [-0.39, 0.29) is 23.6 Å². The fourth-order valence-electron chi connectivity index (χ4n) is 5.95. The van der Waals surface area contributed by atoms with Crippen LogP contribution in [-0.4, -0.2) is 72.8 Å². The highest BCUT2D eigenvalue weighted by molar-refractivity contribution is 5.94. The third kappa shape index (κ3) is 5.16. The Labute approximate surface area is 238 Å². The molecule has 1 aliphatic carbocycles. The van der Waals surface area contributed by atoms with Gasteiger partial charge >= 0.3 is 6.18 Å². The second-order valence-electron chi connectivity index (χ2n) is 10.8. The van der Waals surface area contributed by atoms with Crippen LogP contribution in [0.5, 0.6) is 5.88 Å². The van der Waals surface area contributed by atoms with Crippen LogP contribution >= 0.6 is 0 Å². The van der Waals surface area contributed by atoms with Gasteiger partial charge in [0.25, 0.3) is 5.91 Å². The number of nitrogens with one attached hydrogen (secondary N) is 2. The number of aromatic amines is 1. The monoisotopic (exact) mass is 579 g/mol. The topological polar surface area (TPSA) is 138 Å². The summed E-state index contributed by atoms with van der Waals surface area (Å²) in [7, 11) is 1.35. The largest absolute Gasteiger partial charge is 0.474 e. The molecule has 6 rings (SSSR count). The van der Waals surface area contributed by atoms with E-state index in [4.69, 9.17) is 4.74 Å². The first-order chi connectivity index (χ1) is 20.2. The molecule has 2 aliphatic rings. The quantitative estimate of drug-likeness (QED) is 0.336. The molecule has 1 saturated heterocycles. The number of pyridine rings is 1. The van der Waals surface area contributed by atoms with Crippen molar-refractivity contribution in [2.45, 2.75) is 56.0 Å². The number of likely N-dealkylation sites (tertiary alicyclic amines) is 1. The smallest absolute Gasteiger partial charge is 0.433 e. The van der Waals surface area contributed by atoms with Gasteiger partial charge in [0.2, 0.25) is 5.88 Å². The van der Waals surface area contributed by atoms with Crippen molar-refractivity contribution in [3.8, 4) is 23.2 Å². The molecule has 11 nitrogen and oxygen atoms in total. The molecular weight excluding hydrogens is 551 g/mol. The van der Waals surface area contributed by atoms with Crippen LogP contribution in [0.15, 0.2) is 43.1 Å². The molecule has 2 N–H and O–H groups in total. The van der Waals surface area contributed by atoms with Gasteiger partial charge in [-0.15, -0.1) is 0 Å². The lowest BCUT2D eigenvalue weighted by atomic mass is 9.82. The molecule has 0 aromatic carbocycles. The number of H-pyrrole nitrogens is 1. The van der Waals surface area contributed by atoms with Crippen molar-refractivity contribution in [3.63, 3.8) is 0 Å². The van der Waals surface area contributed by atoms with Gasteiger partial charge < -0.3 is 15.0 Å². The summed E-state index contributed by atoms with van der Waals surface area (Å²) in [6, 6.07) is 6.45. The molecule has 1 aliphatic heterocycles. The Kier molecular flexibility index (Phi) is 7.05. The average Bonchev–Trinajstić information content (AvgIpc) is 3.65. The number of ether oxygens (including phenoxy) is 1. The average molecular weight is 580 g/mol. The van der Waals surface area contributed by atoms with Crippen molar-refractivity contribution in [2.75, 3.05) is 20.1 Å². The molecule has 0 unspecified atom stereocenters. The van der Waals surface area contributed by atoms with E-state index >= 15 is 0 Å². The predicted molar refractivity (Wildman–Crippen MR) is 144 cm³/mol. The zero-order valence-electron chi connectivity index (χ0n) is 22.7. The molecule has 5 heterocycles. The number of halogens is 3. The van der Waals surface area contributed by atoms with Gasteiger partial charge in [-0.25, -0.2) is 15.0 Å². The van der Waals surface area contributed by atoms with E-state index in [0.717, 1.165) is 41.2 Å². The Morgan fingerprint density at radius 2 is 2.02 bits per heavy atom. The minimum atomic E-state index is -4.70. The predicted octanol–water partition coefficient (Wildman–Crippen LogP) is 3.91. The van der Waals surface area contributed by atoms with Gasteiger partial charge in [-0.2, -0.15) is 23.5 Å². The van der Waals surface area contributed by atoms with Crippen molar-refractivity contribution in [3.05, 3.63) is 54.4 Å². The number of nitrogens with zero attached hydrogens (tertiary/aromatic N) is 7. The summed E-state index contributed by atoms with van der Waals surface area (Å²) >= 11 is 0. The normalized spacial score (nSPS) is 20.5. The molecule has 2 fully saturated rings. The summed E-state index contributed by atoms with van der Waals surface area (Å²) in [4.78, 5) is 29.7. The van der Waals surface area contributed by atoms with Crippen LogP contribution in [-0.2, 0) is 11.7 Å². The van der Waals surface area contributed by atoms with Crippen LogP contribution in [0.3, 0.4) is 0 Å². The molecule has 4 aromatic rings. The van der Waals surface area contributed by atoms with Gasteiger partial charge in [0.05, 0.1) is 24.4 Å². The number of rotatable bonds is 7. The molecule has 0 bridgehead atoms. The number of fused-ring (bicyclic) bond motifs is 1. The highest BCUT2D eigenvalue weighted by Gasteiger charge is 2.48. The van der Waals surface area contributed by atoms with E-state index in [1.165, 1.54) is 19.4 Å². The maximum absolute atomic E-state index is 13.4. The standard InChI is InChI=1S/C28H28F3N9O2/c1-33-26(41)17-10-22(28(29,30)31)38-23(11-17)42-20-4-2-19(3-5-20)39-14-27(15-39,7-8-32)40-13-18(12-37-40)24-21-6-9-34-25(21)36-16-35-24/h6,9-13,16,19-20H,2-5,7,14-15H2,1H3,(H,33,41)(H,34,35,36). The van der Waals surface area contributed by atoms with Crippen LogP contribution in [0.25, 0.3) is 22.3 Å². The molecule has 1 saturated carbocycles. The Hall–Kier alpha value is -4.51. The van der Waals surface area contributed by atoms with E-state index in [1.807, 2.05) is 23.1 Å². The number of alkyl halides is 3. The van der Waals surface area contributed by atoms with Gasteiger partial charge in [0.15, 0.2) is 0 Å². The maximum Gasteiger partial charge on any atom is 0.433 e. The summed E-state index contributed by atoms with van der Waals surface area (Å²) in [5.74, 6) is -0.854. The van der Waals surface area contributed by atoms with Gasteiger partial charge in [-0.3, -0.25) is 14.4 Å². The minimum Gasteiger partial charge on any atom is -0.474 e. The molecule has 0 radical (unpaired) electrons. The third-order valence-electron chi connectivity index (χ3n) is 8.13. The van der Waals surface area contributed by atoms with E-state index < -0.39 is 23.3 Å². The molecule has 14 heteroatoms. The lowest BCUT2D eigenvalue weighted by molar-refractivity contribution is -0.141. The van der Waals surface area contributed by atoms with Crippen molar-refractivity contribution in [2.24, 2.45) is 0 Å². The Balaban J connectivity index is 1.10. The van der Waals surface area contributed by atoms with Crippen LogP contribution < -0.4 is 10.1 Å². The first-order valence-electron chi connectivity index (χ1n) is 13.6. The van der Waals surface area contributed by atoms with Gasteiger partial charge in [0.1, 0.15) is 29.3 Å². The first-order valence-corrected chi connectivity index (χ1v) is 13.6. The van der Waals surface area contributed by atoms with Gasteiger partial charge in [-0.1, -0.05) is 0 Å². The summed E-state index contributed by atoms with van der Waals surface area (Å²) in [5, 5.41) is 17.5. The van der Waals surface area contributed by atoms with Gasteiger partial charge in [-0.05, 0) is 37.8 Å². The Morgan fingerprint density at radius 1 is 1.24 bits per heavy atom. The number of nitriles is 1. The molecule has 4 aromatic heterocycles. The Morgan fingerprint density at radius 3 is 2.74 bits per heavy atom. The number of aromatic nitrogens is 6. The molecule has 0 atom stereocenters. The number of carbonyl (C=O) groups excluding carboxylic acids is 1. The lowest BCUT2D eigenvalue weighted by Gasteiger charge is -2.53. The number of hydrogen-bond donors (Lipinski definition) is 2. The summed E-state index contributed by atoms with van der Waals surface area (Å²) in [6.07, 6.45) is 5.13. The fourth-order valence-corrected chi connectivity index (χ4v) is 5.95. The van der Waals surface area contributed by atoms with Crippen molar-refractivity contribution in [1.82, 2.24) is 39.9 Å². The van der Waals surface area contributed by atoms with E-state index in [0.29, 0.717) is 32.4 Å². The molecule has 0 spiro atoms. The summed E-state index contributed by atoms with van der Waals surface area (Å²) in [6.45, 7) is 1.32. The first kappa shape index (κ1) is 27.6. The van der Waals surface area contributed by atoms with E-state index in [9.17, 15) is 23.2 Å². The Bertz CT molecular complexity index is 1640. The van der Waals surface area contributed by atoms with Crippen molar-refractivity contribution >= 4 is 16.9 Å². The van der Waals surface area contributed by atoms with Crippen molar-refractivity contribution < 1.29 is 22.7 Å². The van der Waals surface area contributed by atoms with E-state index in [1.54, 1.807) is 6.20 Å². The molecule has 42 heavy (non-hydrogen) atoms. The third-order valence-corrected chi connectivity index (χ3v) is 8.13. The highest BCUT2D eigenvalue weighted by Crippen LogP contribution is 2.39. The summed E-state index contributed by atoms with van der Waals surface area (Å²) < 4.78 is 47.8. The summed E-state index contributed by atoms with van der Waals surface area (Å²) in [5.41, 5.74) is 0.579. The fraction of sp³-hybridized carbons (Fsp3) is 0.429. The van der Waals surface area contributed by atoms with Crippen LogP contribution in [0.2, 0.25) is 0 Å². The molecule has 218 valence electrons. The van der Waals surface area contributed by atoms with Crippen molar-refractivity contribution in [1.29, 1.82) is 5.26 Å².